The molecule has 3 aromatic carbocycles. The Labute approximate surface area is 213 Å². The molecule has 1 N–H and O–H groups in total. The second kappa shape index (κ2) is 9.06. The third-order valence-corrected chi connectivity index (χ3v) is 6.51. The lowest BCUT2D eigenvalue weighted by Gasteiger charge is -2.12. The fourth-order valence-corrected chi connectivity index (χ4v) is 4.45. The molecule has 0 amide bonds. The van der Waals surface area contributed by atoms with Crippen molar-refractivity contribution in [2.75, 3.05) is 7.11 Å². The van der Waals surface area contributed by atoms with Gasteiger partial charge in [0.2, 0.25) is 0 Å². The van der Waals surface area contributed by atoms with Crippen LogP contribution in [0, 0.1) is 6.92 Å². The van der Waals surface area contributed by atoms with Crippen LogP contribution in [-0.2, 0) is 6.61 Å². The maximum absolute atomic E-state index is 6.45. The standard InChI is InChI=1S/C29H23ClN4O2/c1-18-3-7-20(8-4-18)22-15-25(36-17-19-5-13-24(35-2)14-6-19)28-26-27(21-9-11-23(30)12-10-21)31-32-29(26)33-34(28)16-22/h3-16H,17H2,1-2H3,(H,32,33). The summed E-state index contributed by atoms with van der Waals surface area (Å²) in [5, 5.41) is 14.0. The topological polar surface area (TPSA) is 64.4 Å². The summed E-state index contributed by atoms with van der Waals surface area (Å²) >= 11 is 6.12. The molecule has 3 heterocycles. The molecule has 178 valence electrons. The highest BCUT2D eigenvalue weighted by atomic mass is 35.5. The number of nitrogens with zero attached hydrogens (tertiary/aromatic N) is 3. The number of halogens is 1. The molecule has 0 aliphatic heterocycles. The first-order chi connectivity index (χ1) is 17.6. The summed E-state index contributed by atoms with van der Waals surface area (Å²) < 4.78 is 13.6. The van der Waals surface area contributed by atoms with E-state index < -0.39 is 0 Å². The van der Waals surface area contributed by atoms with Gasteiger partial charge in [-0.3, -0.25) is 5.10 Å². The van der Waals surface area contributed by atoms with E-state index in [0.29, 0.717) is 17.3 Å². The van der Waals surface area contributed by atoms with Gasteiger partial charge in [0.15, 0.2) is 5.65 Å². The molecule has 0 saturated carbocycles. The molecule has 0 unspecified atom stereocenters. The van der Waals surface area contributed by atoms with Gasteiger partial charge in [0.1, 0.15) is 29.3 Å². The predicted molar refractivity (Wildman–Crippen MR) is 143 cm³/mol. The van der Waals surface area contributed by atoms with E-state index in [4.69, 9.17) is 26.2 Å². The lowest BCUT2D eigenvalue weighted by atomic mass is 10.0. The Kier molecular flexibility index (Phi) is 5.58. The van der Waals surface area contributed by atoms with Gasteiger partial charge >= 0.3 is 0 Å². The van der Waals surface area contributed by atoms with Crippen molar-refractivity contribution >= 4 is 28.2 Å². The first kappa shape index (κ1) is 22.2. The third kappa shape index (κ3) is 4.06. The lowest BCUT2D eigenvalue weighted by molar-refractivity contribution is 0.308. The zero-order chi connectivity index (χ0) is 24.6. The van der Waals surface area contributed by atoms with Crippen LogP contribution in [-0.4, -0.2) is 26.9 Å². The van der Waals surface area contributed by atoms with Gasteiger partial charge in [-0.2, -0.15) is 5.10 Å². The molecule has 0 spiro atoms. The molecule has 6 aromatic rings. The highest BCUT2D eigenvalue weighted by Crippen LogP contribution is 2.37. The van der Waals surface area contributed by atoms with Crippen LogP contribution in [0.25, 0.3) is 38.9 Å². The van der Waals surface area contributed by atoms with E-state index in [2.05, 4.69) is 47.5 Å². The van der Waals surface area contributed by atoms with Gasteiger partial charge in [-0.1, -0.05) is 65.7 Å². The SMILES string of the molecule is COc1ccc(COc2cc(-c3ccc(C)cc3)cn3nc4[nH]nc(-c5ccc(Cl)cc5)c4c23)cc1. The first-order valence-electron chi connectivity index (χ1n) is 11.6. The Morgan fingerprint density at radius 2 is 1.61 bits per heavy atom. The van der Waals surface area contributed by atoms with Gasteiger partial charge in [-0.15, -0.1) is 5.10 Å². The average molecular weight is 495 g/mol. The summed E-state index contributed by atoms with van der Waals surface area (Å²) in [5.41, 5.74) is 7.64. The maximum Gasteiger partial charge on any atom is 0.179 e. The number of aryl methyl sites for hydroxylation is 1. The first-order valence-corrected chi connectivity index (χ1v) is 12.0. The Hall–Kier alpha value is -4.29. The largest absolute Gasteiger partial charge is 0.497 e. The Morgan fingerprint density at radius 3 is 2.33 bits per heavy atom. The van der Waals surface area contributed by atoms with E-state index in [1.165, 1.54) is 5.56 Å². The molecular weight excluding hydrogens is 472 g/mol. The number of aromatic nitrogens is 4. The molecule has 0 atom stereocenters. The molecule has 3 aromatic heterocycles. The number of pyridine rings is 1. The molecule has 0 fully saturated rings. The number of benzene rings is 3. The van der Waals surface area contributed by atoms with Crippen molar-refractivity contribution in [3.05, 3.63) is 101 Å². The summed E-state index contributed by atoms with van der Waals surface area (Å²) in [6.45, 7) is 2.48. The van der Waals surface area contributed by atoms with Crippen molar-refractivity contribution in [2.24, 2.45) is 0 Å². The van der Waals surface area contributed by atoms with E-state index >= 15 is 0 Å². The van der Waals surface area contributed by atoms with Crippen LogP contribution in [0.1, 0.15) is 11.1 Å². The molecule has 6 rings (SSSR count). The number of rotatable bonds is 6. The van der Waals surface area contributed by atoms with Crippen LogP contribution in [0.3, 0.4) is 0 Å². The molecular formula is C29H23ClN4O2. The minimum atomic E-state index is 0.401. The zero-order valence-electron chi connectivity index (χ0n) is 19.8. The molecule has 0 aliphatic carbocycles. The Bertz CT molecular complexity index is 1670. The number of hydrogen-bond donors (Lipinski definition) is 1. The number of ether oxygens (including phenoxy) is 2. The van der Waals surface area contributed by atoms with Crippen molar-refractivity contribution < 1.29 is 9.47 Å². The zero-order valence-corrected chi connectivity index (χ0v) is 20.6. The fraction of sp³-hybridized carbons (Fsp3) is 0.103. The highest BCUT2D eigenvalue weighted by Gasteiger charge is 2.20. The van der Waals surface area contributed by atoms with Crippen LogP contribution in [0.2, 0.25) is 5.02 Å². The Balaban J connectivity index is 1.50. The van der Waals surface area contributed by atoms with Gasteiger partial charge in [0.25, 0.3) is 0 Å². The summed E-state index contributed by atoms with van der Waals surface area (Å²) in [7, 11) is 1.66. The monoisotopic (exact) mass is 494 g/mol. The summed E-state index contributed by atoms with van der Waals surface area (Å²) in [5.74, 6) is 1.54. The van der Waals surface area contributed by atoms with Crippen LogP contribution in [0.4, 0.5) is 0 Å². The third-order valence-electron chi connectivity index (χ3n) is 6.26. The normalized spacial score (nSPS) is 11.3. The number of methoxy groups -OCH3 is 1. The number of aromatic amines is 1. The van der Waals surface area contributed by atoms with E-state index in [1.54, 1.807) is 7.11 Å². The predicted octanol–water partition coefficient (Wildman–Crippen LogP) is 7.09. The average Bonchev–Trinajstić information content (AvgIpc) is 3.48. The van der Waals surface area contributed by atoms with Crippen LogP contribution in [0.15, 0.2) is 85.1 Å². The van der Waals surface area contributed by atoms with Gasteiger partial charge in [-0.05, 0) is 48.4 Å². The van der Waals surface area contributed by atoms with Gasteiger partial charge in [0.05, 0.1) is 12.5 Å². The number of hydrogen-bond acceptors (Lipinski definition) is 4. The van der Waals surface area contributed by atoms with Crippen LogP contribution >= 0.6 is 11.6 Å². The van der Waals surface area contributed by atoms with Crippen molar-refractivity contribution in [1.82, 2.24) is 19.8 Å². The Morgan fingerprint density at radius 1 is 0.889 bits per heavy atom. The van der Waals surface area contributed by atoms with Gasteiger partial charge in [0, 0.05) is 22.3 Å². The molecule has 0 bridgehead atoms. The summed E-state index contributed by atoms with van der Waals surface area (Å²) in [6, 6.07) is 26.0. The van der Waals surface area contributed by atoms with Crippen LogP contribution in [0.5, 0.6) is 11.5 Å². The van der Waals surface area contributed by atoms with E-state index in [1.807, 2.05) is 59.2 Å². The number of nitrogens with one attached hydrogen (secondary N) is 1. The van der Waals surface area contributed by atoms with Crippen molar-refractivity contribution in [2.45, 2.75) is 13.5 Å². The molecule has 0 saturated heterocycles. The maximum atomic E-state index is 6.45. The van der Waals surface area contributed by atoms with E-state index in [-0.39, 0.29) is 0 Å². The van der Waals surface area contributed by atoms with Gasteiger partial charge < -0.3 is 9.47 Å². The molecule has 36 heavy (non-hydrogen) atoms. The second-order valence-electron chi connectivity index (χ2n) is 8.69. The summed E-state index contributed by atoms with van der Waals surface area (Å²) in [6.07, 6.45) is 2.03. The van der Waals surface area contributed by atoms with Crippen molar-refractivity contribution in [3.8, 4) is 33.9 Å². The fourth-order valence-electron chi connectivity index (χ4n) is 4.32. The van der Waals surface area contributed by atoms with Crippen molar-refractivity contribution in [1.29, 1.82) is 0 Å². The molecule has 0 radical (unpaired) electrons. The van der Waals surface area contributed by atoms with Gasteiger partial charge in [-0.25, -0.2) is 4.52 Å². The van der Waals surface area contributed by atoms with Crippen molar-refractivity contribution in [3.63, 3.8) is 0 Å². The smallest absolute Gasteiger partial charge is 0.179 e. The molecule has 7 heteroatoms. The van der Waals surface area contributed by atoms with E-state index in [9.17, 15) is 0 Å². The minimum absolute atomic E-state index is 0.401. The second-order valence-corrected chi connectivity index (χ2v) is 9.13. The number of fused-ring (bicyclic) bond motifs is 3. The number of H-pyrrole nitrogens is 1. The molecule has 6 nitrogen and oxygen atoms in total. The molecule has 0 aliphatic rings. The lowest BCUT2D eigenvalue weighted by Crippen LogP contribution is -1.99. The van der Waals surface area contributed by atoms with E-state index in [0.717, 1.165) is 50.3 Å². The quantitative estimate of drug-likeness (QED) is 0.268. The highest BCUT2D eigenvalue weighted by molar-refractivity contribution is 6.30. The summed E-state index contributed by atoms with van der Waals surface area (Å²) in [4.78, 5) is 0. The van der Waals surface area contributed by atoms with Crippen LogP contribution < -0.4 is 9.47 Å². The minimum Gasteiger partial charge on any atom is -0.497 e.